The lowest BCUT2D eigenvalue weighted by atomic mass is 10.1. The van der Waals surface area contributed by atoms with Gasteiger partial charge in [0.15, 0.2) is 5.82 Å². The summed E-state index contributed by atoms with van der Waals surface area (Å²) in [6.07, 6.45) is 0.825. The minimum Gasteiger partial charge on any atom is -0.495 e. The van der Waals surface area contributed by atoms with E-state index in [0.29, 0.717) is 11.6 Å². The van der Waals surface area contributed by atoms with Gasteiger partial charge in [-0.1, -0.05) is 43.3 Å². The first kappa shape index (κ1) is 18.0. The Morgan fingerprint density at radius 2 is 1.82 bits per heavy atom. The van der Waals surface area contributed by atoms with Crippen molar-refractivity contribution in [1.29, 1.82) is 0 Å². The molecule has 2 aromatic heterocycles. The summed E-state index contributed by atoms with van der Waals surface area (Å²) in [5.74, 6) is 2.87. The van der Waals surface area contributed by atoms with Gasteiger partial charge in [-0.3, -0.25) is 0 Å². The van der Waals surface area contributed by atoms with Gasteiger partial charge < -0.3 is 10.1 Å². The van der Waals surface area contributed by atoms with Gasteiger partial charge in [-0.25, -0.2) is 4.98 Å². The van der Waals surface area contributed by atoms with Crippen molar-refractivity contribution in [2.45, 2.75) is 27.2 Å². The molecule has 0 amide bonds. The number of aryl methyl sites for hydroxylation is 2. The van der Waals surface area contributed by atoms with Gasteiger partial charge in [-0.05, 0) is 38.0 Å². The lowest BCUT2D eigenvalue weighted by Gasteiger charge is -2.16. The summed E-state index contributed by atoms with van der Waals surface area (Å²) < 4.78 is 7.33. The van der Waals surface area contributed by atoms with Gasteiger partial charge in [-0.15, -0.1) is 5.10 Å². The van der Waals surface area contributed by atoms with Crippen LogP contribution in [-0.4, -0.2) is 26.7 Å². The molecule has 0 aliphatic carbocycles. The van der Waals surface area contributed by atoms with E-state index in [1.165, 1.54) is 0 Å². The normalized spacial score (nSPS) is 11.0. The highest BCUT2D eigenvalue weighted by Gasteiger charge is 2.17. The Hall–Kier alpha value is -3.41. The molecule has 0 fully saturated rings. The number of methoxy groups -OCH3 is 1. The van der Waals surface area contributed by atoms with E-state index < -0.39 is 0 Å². The molecular formula is C22H23N5O. The SMILES string of the molecule is CCc1c(C)nc2nc(-c3ccccc3)nn2c1Nc1cc(C)ccc1OC. The van der Waals surface area contributed by atoms with Crippen molar-refractivity contribution in [3.05, 3.63) is 65.4 Å². The molecule has 2 aromatic carbocycles. The first-order chi connectivity index (χ1) is 13.6. The highest BCUT2D eigenvalue weighted by molar-refractivity contribution is 5.69. The monoisotopic (exact) mass is 373 g/mol. The lowest BCUT2D eigenvalue weighted by Crippen LogP contribution is -2.09. The van der Waals surface area contributed by atoms with Crippen molar-refractivity contribution in [1.82, 2.24) is 19.6 Å². The summed E-state index contributed by atoms with van der Waals surface area (Å²) in [5, 5.41) is 8.27. The van der Waals surface area contributed by atoms with Crippen molar-refractivity contribution >= 4 is 17.3 Å². The third-order valence-corrected chi connectivity index (χ3v) is 4.79. The molecule has 4 aromatic rings. The fraction of sp³-hybridized carbons (Fsp3) is 0.227. The molecule has 1 N–H and O–H groups in total. The van der Waals surface area contributed by atoms with Crippen LogP contribution < -0.4 is 10.1 Å². The first-order valence-corrected chi connectivity index (χ1v) is 9.34. The molecule has 0 aliphatic heterocycles. The number of hydrogen-bond donors (Lipinski definition) is 1. The molecular weight excluding hydrogens is 350 g/mol. The van der Waals surface area contributed by atoms with Crippen LogP contribution >= 0.6 is 0 Å². The van der Waals surface area contributed by atoms with Gasteiger partial charge in [0.05, 0.1) is 12.8 Å². The molecule has 0 saturated heterocycles. The van der Waals surface area contributed by atoms with E-state index in [2.05, 4.69) is 35.2 Å². The predicted octanol–water partition coefficient (Wildman–Crippen LogP) is 4.72. The number of nitrogens with one attached hydrogen (secondary N) is 1. The molecule has 0 unspecified atom stereocenters. The molecule has 28 heavy (non-hydrogen) atoms. The number of nitrogens with zero attached hydrogens (tertiary/aromatic N) is 4. The summed E-state index contributed by atoms with van der Waals surface area (Å²) in [6.45, 7) is 6.18. The van der Waals surface area contributed by atoms with Crippen LogP contribution in [0.1, 0.15) is 23.7 Å². The molecule has 0 spiro atoms. The van der Waals surface area contributed by atoms with Gasteiger partial charge in [0, 0.05) is 16.8 Å². The maximum absolute atomic E-state index is 5.54. The second kappa shape index (κ2) is 7.31. The highest BCUT2D eigenvalue weighted by Crippen LogP contribution is 2.31. The van der Waals surface area contributed by atoms with E-state index in [-0.39, 0.29) is 0 Å². The number of anilines is 2. The van der Waals surface area contributed by atoms with E-state index in [4.69, 9.17) is 9.84 Å². The van der Waals surface area contributed by atoms with Crippen LogP contribution in [0, 0.1) is 13.8 Å². The molecule has 0 aliphatic rings. The summed E-state index contributed by atoms with van der Waals surface area (Å²) in [7, 11) is 1.67. The van der Waals surface area contributed by atoms with Crippen LogP contribution in [0.3, 0.4) is 0 Å². The fourth-order valence-corrected chi connectivity index (χ4v) is 3.35. The van der Waals surface area contributed by atoms with Crippen LogP contribution in [0.4, 0.5) is 11.5 Å². The van der Waals surface area contributed by atoms with Gasteiger partial charge in [0.25, 0.3) is 5.78 Å². The van der Waals surface area contributed by atoms with E-state index in [1.54, 1.807) is 11.6 Å². The minimum atomic E-state index is 0.572. The van der Waals surface area contributed by atoms with Crippen molar-refractivity contribution in [2.75, 3.05) is 12.4 Å². The summed E-state index contributed by atoms with van der Waals surface area (Å²) in [6, 6.07) is 16.0. The number of ether oxygens (including phenoxy) is 1. The maximum atomic E-state index is 5.54. The lowest BCUT2D eigenvalue weighted by molar-refractivity contribution is 0.416. The van der Waals surface area contributed by atoms with E-state index in [0.717, 1.165) is 46.1 Å². The molecule has 0 bridgehead atoms. The number of benzene rings is 2. The van der Waals surface area contributed by atoms with Crippen molar-refractivity contribution in [3.8, 4) is 17.1 Å². The highest BCUT2D eigenvalue weighted by atomic mass is 16.5. The van der Waals surface area contributed by atoms with Gasteiger partial charge in [-0.2, -0.15) is 9.50 Å². The van der Waals surface area contributed by atoms with E-state index in [9.17, 15) is 0 Å². The van der Waals surface area contributed by atoms with E-state index >= 15 is 0 Å². The fourth-order valence-electron chi connectivity index (χ4n) is 3.35. The van der Waals surface area contributed by atoms with E-state index in [1.807, 2.05) is 49.4 Å². The van der Waals surface area contributed by atoms with Crippen LogP contribution in [0.2, 0.25) is 0 Å². The zero-order valence-electron chi connectivity index (χ0n) is 16.5. The van der Waals surface area contributed by atoms with Gasteiger partial charge >= 0.3 is 0 Å². The largest absolute Gasteiger partial charge is 0.495 e. The molecule has 0 atom stereocenters. The topological polar surface area (TPSA) is 64.3 Å². The molecule has 6 heteroatoms. The standard InChI is InChI=1S/C22H23N5O/c1-5-17-15(3)23-22-25-20(16-9-7-6-8-10-16)26-27(22)21(17)24-18-13-14(2)11-12-19(18)28-4/h6-13,24H,5H2,1-4H3. The minimum absolute atomic E-state index is 0.572. The Kier molecular flexibility index (Phi) is 4.69. The number of rotatable bonds is 5. The van der Waals surface area contributed by atoms with Crippen molar-refractivity contribution in [2.24, 2.45) is 0 Å². The van der Waals surface area contributed by atoms with Crippen LogP contribution in [0.15, 0.2) is 48.5 Å². The van der Waals surface area contributed by atoms with Gasteiger partial charge in [0.1, 0.15) is 11.6 Å². The quantitative estimate of drug-likeness (QED) is 0.548. The first-order valence-electron chi connectivity index (χ1n) is 9.34. The average Bonchev–Trinajstić information content (AvgIpc) is 3.13. The van der Waals surface area contributed by atoms with Crippen LogP contribution in [0.25, 0.3) is 17.2 Å². The van der Waals surface area contributed by atoms with Crippen molar-refractivity contribution < 1.29 is 4.74 Å². The Labute approximate surface area is 164 Å². The third kappa shape index (κ3) is 3.17. The Bertz CT molecular complexity index is 1130. The predicted molar refractivity (Wildman–Crippen MR) is 111 cm³/mol. The summed E-state index contributed by atoms with van der Waals surface area (Å²) >= 11 is 0. The number of aromatic nitrogens is 4. The smallest absolute Gasteiger partial charge is 0.254 e. The second-order valence-corrected chi connectivity index (χ2v) is 6.72. The summed E-state index contributed by atoms with van der Waals surface area (Å²) in [4.78, 5) is 9.32. The van der Waals surface area contributed by atoms with Crippen LogP contribution in [-0.2, 0) is 6.42 Å². The van der Waals surface area contributed by atoms with Gasteiger partial charge in [0.2, 0.25) is 0 Å². The molecule has 6 nitrogen and oxygen atoms in total. The Morgan fingerprint density at radius 1 is 1.04 bits per heavy atom. The van der Waals surface area contributed by atoms with Crippen molar-refractivity contribution in [3.63, 3.8) is 0 Å². The molecule has 4 rings (SSSR count). The third-order valence-electron chi connectivity index (χ3n) is 4.79. The molecule has 142 valence electrons. The second-order valence-electron chi connectivity index (χ2n) is 6.72. The zero-order valence-corrected chi connectivity index (χ0v) is 16.5. The maximum Gasteiger partial charge on any atom is 0.254 e. The average molecular weight is 373 g/mol. The number of hydrogen-bond acceptors (Lipinski definition) is 5. The number of fused-ring (bicyclic) bond motifs is 1. The Morgan fingerprint density at radius 3 is 2.54 bits per heavy atom. The Balaban J connectivity index is 1.91. The molecule has 2 heterocycles. The zero-order chi connectivity index (χ0) is 19.7. The molecule has 0 radical (unpaired) electrons. The molecule has 0 saturated carbocycles. The van der Waals surface area contributed by atoms with Crippen LogP contribution in [0.5, 0.6) is 5.75 Å². The summed E-state index contributed by atoms with van der Waals surface area (Å²) in [5.41, 5.74) is 5.03.